The topological polar surface area (TPSA) is 18.5 Å². The number of hydrogen-bond acceptors (Lipinski definition) is 2. The molecule has 0 bridgehead atoms. The molecular weight excluding hydrogens is 381 g/mol. The molecule has 6 heteroatoms. The zero-order valence-electron chi connectivity index (χ0n) is 16.5. The van der Waals surface area contributed by atoms with Crippen molar-refractivity contribution in [2.45, 2.75) is 58.2 Å². The summed E-state index contributed by atoms with van der Waals surface area (Å²) in [6.07, 6.45) is -1.17. The van der Waals surface area contributed by atoms with E-state index in [0.717, 1.165) is 39.0 Å². The van der Waals surface area contributed by atoms with Crippen molar-refractivity contribution < 1.29 is 22.0 Å². The molecule has 0 spiro atoms. The van der Waals surface area contributed by atoms with Crippen LogP contribution >= 0.6 is 0 Å². The average Bonchev–Trinajstić information content (AvgIpc) is 2.70. The van der Waals surface area contributed by atoms with Gasteiger partial charge >= 0.3 is 14.7 Å². The van der Waals surface area contributed by atoms with E-state index in [-0.39, 0.29) is 0 Å². The number of unbranched alkanes of at least 4 members (excludes halogenated alkanes) is 4. The molecular formula is C22H29F3O2Si. The van der Waals surface area contributed by atoms with Gasteiger partial charge in [0.15, 0.2) is 0 Å². The normalized spacial score (nSPS) is 13.5. The highest BCUT2D eigenvalue weighted by Crippen LogP contribution is 2.26. The SMILES string of the molecule is CCCCCCCO[Si](OC(C)C(F)(F)F)(c1ccccc1)c1ccccc1. The number of alkyl halides is 3. The summed E-state index contributed by atoms with van der Waals surface area (Å²) in [5.41, 5.74) is 0. The molecule has 0 aromatic heterocycles. The molecule has 0 aliphatic rings. The molecule has 0 saturated heterocycles. The molecule has 0 aliphatic carbocycles. The minimum absolute atomic E-state index is 0.379. The fraction of sp³-hybridized carbons (Fsp3) is 0.455. The van der Waals surface area contributed by atoms with Gasteiger partial charge in [0.1, 0.15) is 6.10 Å². The van der Waals surface area contributed by atoms with Gasteiger partial charge in [-0.15, -0.1) is 0 Å². The van der Waals surface area contributed by atoms with Crippen LogP contribution in [0.4, 0.5) is 13.2 Å². The van der Waals surface area contributed by atoms with E-state index >= 15 is 0 Å². The molecule has 0 N–H and O–H groups in total. The molecule has 2 nitrogen and oxygen atoms in total. The summed E-state index contributed by atoms with van der Waals surface area (Å²) in [7, 11) is -3.51. The van der Waals surface area contributed by atoms with Crippen LogP contribution < -0.4 is 10.4 Å². The molecule has 0 amide bonds. The van der Waals surface area contributed by atoms with Crippen LogP contribution in [0, 0.1) is 0 Å². The predicted molar refractivity (Wildman–Crippen MR) is 109 cm³/mol. The second-order valence-electron chi connectivity index (χ2n) is 6.91. The number of halogens is 3. The predicted octanol–water partition coefficient (Wildman–Crippen LogP) is 5.20. The van der Waals surface area contributed by atoms with Crippen molar-refractivity contribution in [2.24, 2.45) is 0 Å². The molecule has 1 unspecified atom stereocenters. The largest absolute Gasteiger partial charge is 0.413 e. The summed E-state index contributed by atoms with van der Waals surface area (Å²) in [5.74, 6) is 0. The molecule has 28 heavy (non-hydrogen) atoms. The molecule has 0 fully saturated rings. The standard InChI is InChI=1S/C22H29F3O2Si/c1-3-4-5-6-13-18-26-28(20-14-9-7-10-15-20,21-16-11-8-12-17-21)27-19(2)22(23,24)25/h7-12,14-17,19H,3-6,13,18H2,1-2H3. The zero-order chi connectivity index (χ0) is 20.5. The third kappa shape index (κ3) is 6.19. The lowest BCUT2D eigenvalue weighted by Gasteiger charge is -2.34. The number of rotatable bonds is 11. The van der Waals surface area contributed by atoms with E-state index in [9.17, 15) is 13.2 Å². The van der Waals surface area contributed by atoms with Gasteiger partial charge in [-0.05, 0) is 23.7 Å². The van der Waals surface area contributed by atoms with E-state index < -0.39 is 20.8 Å². The summed E-state index contributed by atoms with van der Waals surface area (Å²) in [4.78, 5) is 0. The first-order valence-electron chi connectivity index (χ1n) is 9.89. The van der Waals surface area contributed by atoms with E-state index in [0.29, 0.717) is 17.0 Å². The van der Waals surface area contributed by atoms with Gasteiger partial charge in [-0.25, -0.2) is 0 Å². The van der Waals surface area contributed by atoms with Gasteiger partial charge in [-0.1, -0.05) is 93.3 Å². The minimum atomic E-state index is -4.45. The Labute approximate surface area is 166 Å². The van der Waals surface area contributed by atoms with Gasteiger partial charge in [0.05, 0.1) is 0 Å². The Kier molecular flexibility index (Phi) is 8.73. The highest BCUT2D eigenvalue weighted by atomic mass is 28.4. The van der Waals surface area contributed by atoms with Gasteiger partial charge in [0.2, 0.25) is 0 Å². The first-order chi connectivity index (χ1) is 13.4. The van der Waals surface area contributed by atoms with E-state index in [1.54, 1.807) is 24.3 Å². The second-order valence-corrected chi connectivity index (χ2v) is 9.83. The fourth-order valence-corrected chi connectivity index (χ4v) is 6.39. The number of benzene rings is 2. The van der Waals surface area contributed by atoms with Crippen molar-refractivity contribution in [3.05, 3.63) is 60.7 Å². The van der Waals surface area contributed by atoms with Crippen LogP contribution in [0.2, 0.25) is 0 Å². The smallest absolute Gasteiger partial charge is 0.388 e. The minimum Gasteiger partial charge on any atom is -0.388 e. The lowest BCUT2D eigenvalue weighted by Crippen LogP contribution is -2.65. The highest BCUT2D eigenvalue weighted by Gasteiger charge is 2.49. The highest BCUT2D eigenvalue weighted by molar-refractivity contribution is 6.92. The van der Waals surface area contributed by atoms with E-state index in [2.05, 4.69) is 6.92 Å². The maximum absolute atomic E-state index is 13.4. The van der Waals surface area contributed by atoms with Crippen LogP contribution in [0.3, 0.4) is 0 Å². The molecule has 2 aromatic carbocycles. The van der Waals surface area contributed by atoms with E-state index in [1.165, 1.54) is 0 Å². The lowest BCUT2D eigenvalue weighted by atomic mass is 10.2. The van der Waals surface area contributed by atoms with Crippen LogP contribution in [-0.4, -0.2) is 27.4 Å². The Morgan fingerprint density at radius 1 is 0.821 bits per heavy atom. The van der Waals surface area contributed by atoms with Gasteiger partial charge in [0.25, 0.3) is 0 Å². The summed E-state index contributed by atoms with van der Waals surface area (Å²) in [6.45, 7) is 3.58. The summed E-state index contributed by atoms with van der Waals surface area (Å²) in [6, 6.07) is 18.1. The van der Waals surface area contributed by atoms with Gasteiger partial charge in [0, 0.05) is 6.61 Å². The van der Waals surface area contributed by atoms with Crippen molar-refractivity contribution in [3.8, 4) is 0 Å². The molecule has 2 aromatic rings. The van der Waals surface area contributed by atoms with E-state index in [1.807, 2.05) is 36.4 Å². The van der Waals surface area contributed by atoms with E-state index in [4.69, 9.17) is 8.85 Å². The Balaban J connectivity index is 2.35. The molecule has 0 saturated carbocycles. The maximum atomic E-state index is 13.4. The first kappa shape index (κ1) is 22.7. The molecule has 0 heterocycles. The van der Waals surface area contributed by atoms with Crippen molar-refractivity contribution in [1.82, 2.24) is 0 Å². The van der Waals surface area contributed by atoms with Crippen LogP contribution in [0.25, 0.3) is 0 Å². The Bertz CT molecular complexity index is 638. The molecule has 0 radical (unpaired) electrons. The summed E-state index contributed by atoms with van der Waals surface area (Å²) in [5, 5.41) is 1.37. The van der Waals surface area contributed by atoms with Gasteiger partial charge in [-0.3, -0.25) is 0 Å². The Morgan fingerprint density at radius 3 is 1.79 bits per heavy atom. The van der Waals surface area contributed by atoms with Crippen LogP contribution in [-0.2, 0) is 8.85 Å². The van der Waals surface area contributed by atoms with Gasteiger partial charge < -0.3 is 8.85 Å². The average molecular weight is 411 g/mol. The third-order valence-electron chi connectivity index (χ3n) is 4.66. The summed E-state index contributed by atoms with van der Waals surface area (Å²) < 4.78 is 52.2. The molecule has 2 rings (SSSR count). The quantitative estimate of drug-likeness (QED) is 0.375. The Morgan fingerprint density at radius 2 is 1.32 bits per heavy atom. The third-order valence-corrected chi connectivity index (χ3v) is 8.15. The number of hydrogen-bond donors (Lipinski definition) is 0. The molecule has 154 valence electrons. The van der Waals surface area contributed by atoms with Crippen molar-refractivity contribution >= 4 is 18.9 Å². The van der Waals surface area contributed by atoms with Crippen molar-refractivity contribution in [3.63, 3.8) is 0 Å². The molecule has 1 atom stereocenters. The van der Waals surface area contributed by atoms with Crippen LogP contribution in [0.15, 0.2) is 60.7 Å². The van der Waals surface area contributed by atoms with Gasteiger partial charge in [-0.2, -0.15) is 13.2 Å². The van der Waals surface area contributed by atoms with Crippen molar-refractivity contribution in [2.75, 3.05) is 6.61 Å². The monoisotopic (exact) mass is 410 g/mol. The zero-order valence-corrected chi connectivity index (χ0v) is 17.5. The Hall–Kier alpha value is -1.63. The lowest BCUT2D eigenvalue weighted by molar-refractivity contribution is -0.194. The fourth-order valence-electron chi connectivity index (χ4n) is 3.06. The maximum Gasteiger partial charge on any atom is 0.413 e. The first-order valence-corrected chi connectivity index (χ1v) is 11.7. The second kappa shape index (κ2) is 10.8. The summed E-state index contributed by atoms with van der Waals surface area (Å²) >= 11 is 0. The van der Waals surface area contributed by atoms with Crippen LogP contribution in [0.5, 0.6) is 0 Å². The molecule has 0 aliphatic heterocycles. The van der Waals surface area contributed by atoms with Crippen molar-refractivity contribution in [1.29, 1.82) is 0 Å². The van der Waals surface area contributed by atoms with Crippen LogP contribution in [0.1, 0.15) is 46.0 Å².